The van der Waals surface area contributed by atoms with E-state index in [0.717, 1.165) is 6.42 Å². The third-order valence-electron chi connectivity index (χ3n) is 3.36. The minimum absolute atomic E-state index is 0.00625. The Kier molecular flexibility index (Phi) is 4.95. The predicted molar refractivity (Wildman–Crippen MR) is 77.2 cm³/mol. The fraction of sp³-hybridized carbons (Fsp3) is 0.533. The number of carbonyl (C=O) groups excluding carboxylic acids is 1. The van der Waals surface area contributed by atoms with Crippen LogP contribution in [0.25, 0.3) is 0 Å². The van der Waals surface area contributed by atoms with Crippen molar-refractivity contribution in [1.29, 1.82) is 0 Å². The van der Waals surface area contributed by atoms with Crippen LogP contribution in [0, 0.1) is 12.3 Å². The zero-order valence-electron chi connectivity index (χ0n) is 12.2. The first-order chi connectivity index (χ1) is 8.77. The van der Waals surface area contributed by atoms with Crippen LogP contribution in [0.15, 0.2) is 18.2 Å². The monoisotopic (exact) mass is 264 g/mol. The number of aromatic hydroxyl groups is 1. The van der Waals surface area contributed by atoms with Crippen molar-refractivity contribution in [2.24, 2.45) is 11.1 Å². The number of hydrogen-bond donors (Lipinski definition) is 3. The Morgan fingerprint density at radius 1 is 1.42 bits per heavy atom. The van der Waals surface area contributed by atoms with Crippen LogP contribution >= 0.6 is 0 Å². The number of benzene rings is 1. The zero-order chi connectivity index (χ0) is 14.6. The first-order valence-corrected chi connectivity index (χ1v) is 6.57. The normalized spacial score (nSPS) is 13.1. The first-order valence-electron chi connectivity index (χ1n) is 6.57. The second-order valence-corrected chi connectivity index (χ2v) is 5.92. The van der Waals surface area contributed by atoms with Gasteiger partial charge in [0.2, 0.25) is 0 Å². The van der Waals surface area contributed by atoms with E-state index < -0.39 is 0 Å². The Balaban J connectivity index is 2.91. The first kappa shape index (κ1) is 15.5. The SMILES string of the molecule is Cc1c(O)cccc1C(=O)NC(CCN)C(C)(C)C. The molecule has 4 nitrogen and oxygen atoms in total. The third kappa shape index (κ3) is 3.96. The number of phenolic OH excluding ortho intramolecular Hbond substituents is 1. The summed E-state index contributed by atoms with van der Waals surface area (Å²) in [6.07, 6.45) is 0.729. The van der Waals surface area contributed by atoms with Gasteiger partial charge in [0.1, 0.15) is 5.75 Å². The topological polar surface area (TPSA) is 75.3 Å². The maximum absolute atomic E-state index is 12.3. The van der Waals surface area contributed by atoms with Crippen LogP contribution in [-0.2, 0) is 0 Å². The van der Waals surface area contributed by atoms with Crippen LogP contribution in [0.4, 0.5) is 0 Å². The molecule has 1 aromatic carbocycles. The van der Waals surface area contributed by atoms with Crippen molar-refractivity contribution >= 4 is 5.91 Å². The van der Waals surface area contributed by atoms with Crippen LogP contribution in [0.1, 0.15) is 43.1 Å². The average molecular weight is 264 g/mol. The minimum Gasteiger partial charge on any atom is -0.508 e. The van der Waals surface area contributed by atoms with E-state index in [1.54, 1.807) is 25.1 Å². The molecular weight excluding hydrogens is 240 g/mol. The molecule has 0 spiro atoms. The van der Waals surface area contributed by atoms with Crippen molar-refractivity contribution in [3.8, 4) is 5.75 Å². The molecule has 4 N–H and O–H groups in total. The fourth-order valence-corrected chi connectivity index (χ4v) is 1.99. The largest absolute Gasteiger partial charge is 0.508 e. The van der Waals surface area contributed by atoms with Gasteiger partial charge in [-0.05, 0) is 37.4 Å². The molecule has 1 aromatic rings. The van der Waals surface area contributed by atoms with Crippen molar-refractivity contribution in [2.45, 2.75) is 40.2 Å². The summed E-state index contributed by atoms with van der Waals surface area (Å²) in [7, 11) is 0. The van der Waals surface area contributed by atoms with E-state index in [9.17, 15) is 9.90 Å². The molecule has 0 aliphatic heterocycles. The standard InChI is InChI=1S/C15H24N2O2/c1-10-11(6-5-7-12(10)18)14(19)17-13(8-9-16)15(2,3)4/h5-7,13,18H,8-9,16H2,1-4H3,(H,17,19). The van der Waals surface area contributed by atoms with Gasteiger partial charge in [0.05, 0.1) is 0 Å². The van der Waals surface area contributed by atoms with Gasteiger partial charge in [-0.25, -0.2) is 0 Å². The molecule has 1 unspecified atom stereocenters. The summed E-state index contributed by atoms with van der Waals surface area (Å²) < 4.78 is 0. The van der Waals surface area contributed by atoms with Crippen LogP contribution in [-0.4, -0.2) is 23.6 Å². The van der Waals surface area contributed by atoms with E-state index in [0.29, 0.717) is 17.7 Å². The second-order valence-electron chi connectivity index (χ2n) is 5.92. The van der Waals surface area contributed by atoms with Gasteiger partial charge in [-0.15, -0.1) is 0 Å². The lowest BCUT2D eigenvalue weighted by Gasteiger charge is -2.31. The molecule has 4 heteroatoms. The van der Waals surface area contributed by atoms with Gasteiger partial charge in [0, 0.05) is 17.2 Å². The van der Waals surface area contributed by atoms with Crippen LogP contribution in [0.3, 0.4) is 0 Å². The number of hydrogen-bond acceptors (Lipinski definition) is 3. The molecule has 1 atom stereocenters. The maximum atomic E-state index is 12.3. The summed E-state index contributed by atoms with van der Waals surface area (Å²) in [5, 5.41) is 12.7. The summed E-state index contributed by atoms with van der Waals surface area (Å²) >= 11 is 0. The molecule has 0 radical (unpaired) electrons. The zero-order valence-corrected chi connectivity index (χ0v) is 12.2. The molecule has 0 aromatic heterocycles. The minimum atomic E-state index is -0.165. The number of carbonyl (C=O) groups is 1. The molecule has 0 bridgehead atoms. The third-order valence-corrected chi connectivity index (χ3v) is 3.36. The van der Waals surface area contributed by atoms with Gasteiger partial charge in [-0.1, -0.05) is 26.8 Å². The van der Waals surface area contributed by atoms with E-state index >= 15 is 0 Å². The average Bonchev–Trinajstić information content (AvgIpc) is 2.30. The Morgan fingerprint density at radius 2 is 2.05 bits per heavy atom. The van der Waals surface area contributed by atoms with Crippen molar-refractivity contribution in [1.82, 2.24) is 5.32 Å². The lowest BCUT2D eigenvalue weighted by Crippen LogP contribution is -2.45. The summed E-state index contributed by atoms with van der Waals surface area (Å²) in [4.78, 5) is 12.3. The molecule has 0 saturated heterocycles. The van der Waals surface area contributed by atoms with Gasteiger partial charge in [-0.3, -0.25) is 4.79 Å². The number of nitrogens with one attached hydrogen (secondary N) is 1. The molecule has 0 fully saturated rings. The van der Waals surface area contributed by atoms with Crippen molar-refractivity contribution < 1.29 is 9.90 Å². The predicted octanol–water partition coefficient (Wildman–Crippen LogP) is 2.19. The van der Waals surface area contributed by atoms with E-state index in [4.69, 9.17) is 5.73 Å². The smallest absolute Gasteiger partial charge is 0.251 e. The van der Waals surface area contributed by atoms with E-state index in [1.807, 2.05) is 0 Å². The van der Waals surface area contributed by atoms with E-state index in [1.165, 1.54) is 0 Å². The summed E-state index contributed by atoms with van der Waals surface area (Å²) in [5.41, 5.74) is 6.65. The molecule has 0 aliphatic carbocycles. The van der Waals surface area contributed by atoms with Crippen LogP contribution < -0.4 is 11.1 Å². The molecule has 0 heterocycles. The lowest BCUT2D eigenvalue weighted by atomic mass is 9.84. The van der Waals surface area contributed by atoms with E-state index in [2.05, 4.69) is 26.1 Å². The fourth-order valence-electron chi connectivity index (χ4n) is 1.99. The van der Waals surface area contributed by atoms with Gasteiger partial charge in [-0.2, -0.15) is 0 Å². The molecule has 0 saturated carbocycles. The Hall–Kier alpha value is -1.55. The molecule has 1 amide bonds. The van der Waals surface area contributed by atoms with Crippen LogP contribution in [0.5, 0.6) is 5.75 Å². The van der Waals surface area contributed by atoms with Crippen molar-refractivity contribution in [3.05, 3.63) is 29.3 Å². The van der Waals surface area contributed by atoms with Crippen molar-refractivity contribution in [2.75, 3.05) is 6.54 Å². The van der Waals surface area contributed by atoms with Gasteiger partial charge in [0.25, 0.3) is 5.91 Å². The number of phenols is 1. The van der Waals surface area contributed by atoms with E-state index in [-0.39, 0.29) is 23.1 Å². The van der Waals surface area contributed by atoms with Gasteiger partial charge in [0.15, 0.2) is 0 Å². The Labute approximate surface area is 115 Å². The highest BCUT2D eigenvalue weighted by molar-refractivity contribution is 5.96. The maximum Gasteiger partial charge on any atom is 0.251 e. The summed E-state index contributed by atoms with van der Waals surface area (Å²) in [6, 6.07) is 4.97. The van der Waals surface area contributed by atoms with Crippen molar-refractivity contribution in [3.63, 3.8) is 0 Å². The van der Waals surface area contributed by atoms with Crippen LogP contribution in [0.2, 0.25) is 0 Å². The molecule has 1 rings (SSSR count). The Morgan fingerprint density at radius 3 is 2.58 bits per heavy atom. The quantitative estimate of drug-likeness (QED) is 0.780. The van der Waals surface area contributed by atoms with Gasteiger partial charge < -0.3 is 16.2 Å². The summed E-state index contributed by atoms with van der Waals surface area (Å²) in [5.74, 6) is -0.0273. The Bertz CT molecular complexity index is 450. The number of amides is 1. The summed E-state index contributed by atoms with van der Waals surface area (Å²) in [6.45, 7) is 8.48. The number of nitrogens with two attached hydrogens (primary N) is 1. The highest BCUT2D eigenvalue weighted by Gasteiger charge is 2.26. The lowest BCUT2D eigenvalue weighted by molar-refractivity contribution is 0.0898. The molecule has 19 heavy (non-hydrogen) atoms. The highest BCUT2D eigenvalue weighted by atomic mass is 16.3. The highest BCUT2D eigenvalue weighted by Crippen LogP contribution is 2.23. The molecule has 0 aliphatic rings. The van der Waals surface area contributed by atoms with Gasteiger partial charge >= 0.3 is 0 Å². The molecule has 106 valence electrons. The second kappa shape index (κ2) is 6.06. The number of rotatable bonds is 4. The molecular formula is C15H24N2O2.